The van der Waals surface area contributed by atoms with E-state index in [0.29, 0.717) is 19.6 Å². The lowest BCUT2D eigenvalue weighted by atomic mass is 9.96. The maximum absolute atomic E-state index is 12.8. The highest BCUT2D eigenvalue weighted by molar-refractivity contribution is 6.00. The highest BCUT2D eigenvalue weighted by Gasteiger charge is 2.43. The Bertz CT molecular complexity index is 965. The lowest BCUT2D eigenvalue weighted by Crippen LogP contribution is -2.57. The Morgan fingerprint density at radius 1 is 1.03 bits per heavy atom. The fourth-order valence-corrected chi connectivity index (χ4v) is 3.90. The summed E-state index contributed by atoms with van der Waals surface area (Å²) >= 11 is 0. The maximum atomic E-state index is 12.8. The van der Waals surface area contributed by atoms with Gasteiger partial charge >= 0.3 is 0 Å². The highest BCUT2D eigenvalue weighted by Crippen LogP contribution is 2.31. The molecule has 0 saturated carbocycles. The molecule has 0 bridgehead atoms. The van der Waals surface area contributed by atoms with Crippen molar-refractivity contribution in [1.29, 1.82) is 0 Å². The van der Waals surface area contributed by atoms with E-state index in [1.54, 1.807) is 24.1 Å². The van der Waals surface area contributed by atoms with Crippen molar-refractivity contribution in [3.63, 3.8) is 0 Å². The van der Waals surface area contributed by atoms with Crippen LogP contribution in [0.3, 0.4) is 0 Å². The fraction of sp³-hybridized carbons (Fsp3) is 0.280. The third-order valence-corrected chi connectivity index (χ3v) is 5.69. The number of hydrogen-bond donors (Lipinski definition) is 1. The SMILES string of the molecule is CN1C(=O)C(CCNc2cccc(Cc3ccccc3)c2)COC12C=CC(=O)C=C2. The van der Waals surface area contributed by atoms with Gasteiger partial charge in [-0.2, -0.15) is 0 Å². The molecule has 0 radical (unpaired) electrons. The van der Waals surface area contributed by atoms with Crippen LogP contribution in [-0.2, 0) is 20.7 Å². The van der Waals surface area contributed by atoms with Crippen LogP contribution in [-0.4, -0.2) is 42.5 Å². The number of nitrogens with zero attached hydrogens (tertiary/aromatic N) is 1. The van der Waals surface area contributed by atoms with E-state index in [2.05, 4.69) is 47.8 Å². The number of ketones is 1. The van der Waals surface area contributed by atoms with E-state index in [-0.39, 0.29) is 17.6 Å². The van der Waals surface area contributed by atoms with Crippen molar-refractivity contribution in [2.24, 2.45) is 5.92 Å². The number of carbonyl (C=O) groups is 2. The molecule has 5 nitrogen and oxygen atoms in total. The van der Waals surface area contributed by atoms with Gasteiger partial charge in [0.1, 0.15) is 0 Å². The summed E-state index contributed by atoms with van der Waals surface area (Å²) in [7, 11) is 1.72. The number of allylic oxidation sites excluding steroid dienone is 2. The van der Waals surface area contributed by atoms with Crippen molar-refractivity contribution < 1.29 is 14.3 Å². The van der Waals surface area contributed by atoms with E-state index in [1.807, 2.05) is 12.1 Å². The van der Waals surface area contributed by atoms with Crippen LogP contribution < -0.4 is 5.32 Å². The molecule has 2 aliphatic rings. The summed E-state index contributed by atoms with van der Waals surface area (Å²) in [6.07, 6.45) is 7.78. The third-order valence-electron chi connectivity index (χ3n) is 5.69. The average Bonchev–Trinajstić information content (AvgIpc) is 2.77. The molecule has 2 aromatic rings. The van der Waals surface area contributed by atoms with Gasteiger partial charge in [0, 0.05) is 19.3 Å². The summed E-state index contributed by atoms with van der Waals surface area (Å²) in [5, 5.41) is 3.43. The number of hydrogen-bond acceptors (Lipinski definition) is 4. The average molecular weight is 402 g/mol. The van der Waals surface area contributed by atoms with Gasteiger partial charge in [-0.3, -0.25) is 9.59 Å². The van der Waals surface area contributed by atoms with E-state index < -0.39 is 5.72 Å². The van der Waals surface area contributed by atoms with E-state index in [1.165, 1.54) is 23.3 Å². The highest BCUT2D eigenvalue weighted by atomic mass is 16.5. The monoisotopic (exact) mass is 402 g/mol. The standard InChI is InChI=1S/C25H26N2O3/c1-27-24(29)21(18-30-25(27)13-10-23(28)11-14-25)12-15-26-22-9-5-8-20(17-22)16-19-6-3-2-4-7-19/h2-11,13-14,17,21,26H,12,15-16,18H2,1H3. The molecular weight excluding hydrogens is 376 g/mol. The summed E-state index contributed by atoms with van der Waals surface area (Å²) in [5.74, 6) is -0.268. The summed E-state index contributed by atoms with van der Waals surface area (Å²) in [4.78, 5) is 25.8. The molecule has 1 unspecified atom stereocenters. The zero-order valence-corrected chi connectivity index (χ0v) is 17.1. The normalized spacial score (nSPS) is 20.0. The van der Waals surface area contributed by atoms with Gasteiger partial charge in [0.15, 0.2) is 11.5 Å². The predicted octanol–water partition coefficient (Wildman–Crippen LogP) is 3.58. The Labute approximate surface area is 177 Å². The van der Waals surface area contributed by atoms with Gasteiger partial charge in [-0.1, -0.05) is 42.5 Å². The minimum absolute atomic E-state index is 0.0320. The van der Waals surface area contributed by atoms with E-state index >= 15 is 0 Å². The van der Waals surface area contributed by atoms with Crippen LogP contribution in [0.4, 0.5) is 5.69 Å². The Morgan fingerprint density at radius 2 is 1.77 bits per heavy atom. The summed E-state index contributed by atoms with van der Waals surface area (Å²) in [6.45, 7) is 1.02. The van der Waals surface area contributed by atoms with Crippen molar-refractivity contribution in [3.8, 4) is 0 Å². The van der Waals surface area contributed by atoms with E-state index in [0.717, 1.165) is 12.1 Å². The molecule has 1 amide bonds. The van der Waals surface area contributed by atoms with Crippen LogP contribution in [0.2, 0.25) is 0 Å². The summed E-state index contributed by atoms with van der Waals surface area (Å²) < 4.78 is 5.99. The van der Waals surface area contributed by atoms with Gasteiger partial charge in [-0.15, -0.1) is 0 Å². The van der Waals surface area contributed by atoms with Crippen LogP contribution in [0.5, 0.6) is 0 Å². The second-order valence-corrected chi connectivity index (χ2v) is 7.80. The second kappa shape index (κ2) is 8.67. The van der Waals surface area contributed by atoms with Gasteiger partial charge in [-0.05, 0) is 60.4 Å². The van der Waals surface area contributed by atoms with Crippen molar-refractivity contribution in [3.05, 3.63) is 90.0 Å². The first kappa shape index (κ1) is 20.1. The molecule has 1 aliphatic heterocycles. The molecule has 1 N–H and O–H groups in total. The molecule has 1 heterocycles. The van der Waals surface area contributed by atoms with Crippen LogP contribution in [0.25, 0.3) is 0 Å². The minimum Gasteiger partial charge on any atom is -0.385 e. The molecular formula is C25H26N2O3. The first-order chi connectivity index (χ1) is 14.6. The lowest BCUT2D eigenvalue weighted by molar-refractivity contribution is -0.175. The number of benzene rings is 2. The van der Waals surface area contributed by atoms with Gasteiger partial charge < -0.3 is 15.0 Å². The van der Waals surface area contributed by atoms with Crippen LogP contribution in [0.1, 0.15) is 17.5 Å². The molecule has 1 aliphatic carbocycles. The number of carbonyl (C=O) groups excluding carboxylic acids is 2. The van der Waals surface area contributed by atoms with E-state index in [9.17, 15) is 9.59 Å². The zero-order valence-electron chi connectivity index (χ0n) is 17.1. The quantitative estimate of drug-likeness (QED) is 0.803. The zero-order chi connectivity index (χ0) is 21.0. The molecule has 1 saturated heterocycles. The van der Waals surface area contributed by atoms with Crippen molar-refractivity contribution in [2.45, 2.75) is 18.6 Å². The molecule has 5 heteroatoms. The lowest BCUT2D eigenvalue weighted by Gasteiger charge is -2.44. The largest absolute Gasteiger partial charge is 0.385 e. The van der Waals surface area contributed by atoms with Gasteiger partial charge in [0.2, 0.25) is 5.91 Å². The summed E-state index contributed by atoms with van der Waals surface area (Å²) in [6, 6.07) is 18.8. The molecule has 1 fully saturated rings. The number of nitrogens with one attached hydrogen (secondary N) is 1. The Balaban J connectivity index is 1.31. The van der Waals surface area contributed by atoms with Crippen molar-refractivity contribution in [1.82, 2.24) is 4.90 Å². The Kier molecular flexibility index (Phi) is 5.81. The topological polar surface area (TPSA) is 58.6 Å². The van der Waals surface area contributed by atoms with Crippen molar-refractivity contribution in [2.75, 3.05) is 25.5 Å². The predicted molar refractivity (Wildman–Crippen MR) is 117 cm³/mol. The van der Waals surface area contributed by atoms with Crippen LogP contribution in [0.15, 0.2) is 78.9 Å². The minimum atomic E-state index is -0.930. The van der Waals surface area contributed by atoms with Crippen LogP contribution in [0, 0.1) is 5.92 Å². The first-order valence-corrected chi connectivity index (χ1v) is 10.3. The maximum Gasteiger partial charge on any atom is 0.230 e. The molecule has 154 valence electrons. The molecule has 1 atom stereocenters. The summed E-state index contributed by atoms with van der Waals surface area (Å²) in [5.41, 5.74) is 2.65. The number of anilines is 1. The fourth-order valence-electron chi connectivity index (χ4n) is 3.90. The van der Waals surface area contributed by atoms with Crippen molar-refractivity contribution >= 4 is 17.4 Å². The molecule has 30 heavy (non-hydrogen) atoms. The number of rotatable bonds is 6. The first-order valence-electron chi connectivity index (χ1n) is 10.3. The Hall–Kier alpha value is -3.18. The molecule has 4 rings (SSSR count). The number of ether oxygens (including phenoxy) is 1. The smallest absolute Gasteiger partial charge is 0.230 e. The van der Waals surface area contributed by atoms with Crippen LogP contribution >= 0.6 is 0 Å². The van der Waals surface area contributed by atoms with E-state index in [4.69, 9.17) is 4.74 Å². The molecule has 1 spiro atoms. The molecule has 0 aromatic heterocycles. The molecule has 2 aromatic carbocycles. The van der Waals surface area contributed by atoms with Gasteiger partial charge in [-0.25, -0.2) is 0 Å². The second-order valence-electron chi connectivity index (χ2n) is 7.80. The number of amides is 1. The van der Waals surface area contributed by atoms with Gasteiger partial charge in [0.25, 0.3) is 0 Å². The van der Waals surface area contributed by atoms with Gasteiger partial charge in [0.05, 0.1) is 12.5 Å². The Morgan fingerprint density at radius 3 is 2.53 bits per heavy atom. The number of likely N-dealkylation sites (N-methyl/N-ethyl adjacent to an activating group) is 1. The third kappa shape index (κ3) is 4.36.